The van der Waals surface area contributed by atoms with Crippen LogP contribution in [0.1, 0.15) is 49.1 Å². The van der Waals surface area contributed by atoms with Crippen LogP contribution in [0.5, 0.6) is 0 Å². The predicted octanol–water partition coefficient (Wildman–Crippen LogP) is 2.62. The van der Waals surface area contributed by atoms with E-state index in [4.69, 9.17) is 5.73 Å². The Hall–Kier alpha value is -0.870. The molecule has 3 N–H and O–H groups in total. The first-order valence-corrected chi connectivity index (χ1v) is 7.64. The lowest BCUT2D eigenvalue weighted by molar-refractivity contribution is -0.122. The van der Waals surface area contributed by atoms with Crippen molar-refractivity contribution in [1.82, 2.24) is 5.32 Å². The normalized spacial score (nSPS) is 20.2. The van der Waals surface area contributed by atoms with E-state index < -0.39 is 0 Å². The van der Waals surface area contributed by atoms with Gasteiger partial charge in [-0.25, -0.2) is 0 Å². The van der Waals surface area contributed by atoms with E-state index in [1.165, 1.54) is 23.3 Å². The number of nitrogens with two attached hydrogens (primary N) is 1. The van der Waals surface area contributed by atoms with E-state index in [-0.39, 0.29) is 11.9 Å². The summed E-state index contributed by atoms with van der Waals surface area (Å²) >= 11 is 1.81. The van der Waals surface area contributed by atoms with Crippen molar-refractivity contribution in [2.24, 2.45) is 11.7 Å². The number of carbonyl (C=O) groups excluding carboxylic acids is 1. The Morgan fingerprint density at radius 3 is 3.28 bits per heavy atom. The quantitative estimate of drug-likeness (QED) is 0.860. The molecule has 1 aromatic rings. The zero-order chi connectivity index (χ0) is 13.0. The number of carbonyl (C=O) groups is 1. The van der Waals surface area contributed by atoms with Crippen molar-refractivity contribution in [3.05, 3.63) is 21.9 Å². The van der Waals surface area contributed by atoms with Crippen molar-refractivity contribution in [2.75, 3.05) is 6.54 Å². The topological polar surface area (TPSA) is 55.1 Å². The van der Waals surface area contributed by atoms with Crippen LogP contribution in [0, 0.1) is 5.92 Å². The van der Waals surface area contributed by atoms with Gasteiger partial charge in [0.15, 0.2) is 0 Å². The average Bonchev–Trinajstić information content (AvgIpc) is 2.85. The zero-order valence-corrected chi connectivity index (χ0v) is 11.8. The molecule has 3 nitrogen and oxygen atoms in total. The Bertz CT molecular complexity index is 402. The Morgan fingerprint density at radius 2 is 2.50 bits per heavy atom. The van der Waals surface area contributed by atoms with Gasteiger partial charge in [0.25, 0.3) is 0 Å². The third kappa shape index (κ3) is 3.33. The minimum Gasteiger partial charge on any atom is -0.349 e. The zero-order valence-electron chi connectivity index (χ0n) is 10.9. The molecule has 18 heavy (non-hydrogen) atoms. The molecule has 0 aromatic carbocycles. The maximum absolute atomic E-state index is 11.9. The standard InChI is InChI=1S/C14H22N2OS/c1-10(9-15)5-6-14(17)16-12-3-2-4-13-11(12)7-8-18-13/h7-8,10,12H,2-6,9,15H2,1H3,(H,16,17). The molecule has 0 fully saturated rings. The first-order chi connectivity index (χ1) is 8.70. The summed E-state index contributed by atoms with van der Waals surface area (Å²) in [4.78, 5) is 13.4. The highest BCUT2D eigenvalue weighted by molar-refractivity contribution is 7.10. The summed E-state index contributed by atoms with van der Waals surface area (Å²) in [7, 11) is 0. The molecule has 2 unspecified atom stereocenters. The van der Waals surface area contributed by atoms with Gasteiger partial charge in [-0.05, 0) is 55.2 Å². The van der Waals surface area contributed by atoms with Crippen LogP contribution in [0.15, 0.2) is 11.4 Å². The van der Waals surface area contributed by atoms with E-state index in [1.807, 2.05) is 11.3 Å². The Morgan fingerprint density at radius 1 is 1.67 bits per heavy atom. The molecule has 2 rings (SSSR count). The Labute approximate surface area is 113 Å². The molecule has 0 aliphatic heterocycles. The summed E-state index contributed by atoms with van der Waals surface area (Å²) in [6, 6.07) is 2.40. The van der Waals surface area contributed by atoms with Crippen molar-refractivity contribution >= 4 is 17.2 Å². The number of rotatable bonds is 5. The Balaban J connectivity index is 1.86. The monoisotopic (exact) mass is 266 g/mol. The van der Waals surface area contributed by atoms with Crippen LogP contribution in [0.3, 0.4) is 0 Å². The van der Waals surface area contributed by atoms with Gasteiger partial charge in [-0.2, -0.15) is 0 Å². The third-order valence-corrected chi connectivity index (χ3v) is 4.65. The summed E-state index contributed by atoms with van der Waals surface area (Å²) < 4.78 is 0. The second-order valence-electron chi connectivity index (χ2n) is 5.19. The molecule has 4 heteroatoms. The molecule has 1 aromatic heterocycles. The SMILES string of the molecule is CC(CN)CCC(=O)NC1CCCc2sccc21. The average molecular weight is 266 g/mol. The molecule has 0 bridgehead atoms. The van der Waals surface area contributed by atoms with Crippen LogP contribution in [-0.2, 0) is 11.2 Å². The van der Waals surface area contributed by atoms with Crippen molar-refractivity contribution in [3.63, 3.8) is 0 Å². The minimum absolute atomic E-state index is 0.166. The molecule has 1 amide bonds. The number of nitrogens with one attached hydrogen (secondary N) is 1. The molecule has 0 radical (unpaired) electrons. The van der Waals surface area contributed by atoms with Crippen LogP contribution < -0.4 is 11.1 Å². The van der Waals surface area contributed by atoms with Gasteiger partial charge >= 0.3 is 0 Å². The smallest absolute Gasteiger partial charge is 0.220 e. The molecule has 1 heterocycles. The fraction of sp³-hybridized carbons (Fsp3) is 0.643. The maximum Gasteiger partial charge on any atom is 0.220 e. The summed E-state index contributed by atoms with van der Waals surface area (Å²) in [5, 5.41) is 5.30. The number of thiophene rings is 1. The van der Waals surface area contributed by atoms with Crippen LogP contribution in [-0.4, -0.2) is 12.5 Å². The number of aryl methyl sites for hydroxylation is 1. The van der Waals surface area contributed by atoms with Gasteiger partial charge in [0, 0.05) is 11.3 Å². The van der Waals surface area contributed by atoms with Gasteiger partial charge in [-0.1, -0.05) is 6.92 Å². The van der Waals surface area contributed by atoms with E-state index in [9.17, 15) is 4.79 Å². The molecular weight excluding hydrogens is 244 g/mol. The molecule has 2 atom stereocenters. The number of hydrogen-bond donors (Lipinski definition) is 2. The first-order valence-electron chi connectivity index (χ1n) is 6.76. The molecular formula is C14H22N2OS. The van der Waals surface area contributed by atoms with E-state index in [0.717, 1.165) is 12.8 Å². The Kier molecular flexibility index (Phi) is 4.78. The van der Waals surface area contributed by atoms with Crippen LogP contribution in [0.4, 0.5) is 0 Å². The van der Waals surface area contributed by atoms with Crippen molar-refractivity contribution < 1.29 is 4.79 Å². The number of hydrogen-bond acceptors (Lipinski definition) is 3. The van der Waals surface area contributed by atoms with Crippen molar-refractivity contribution in [3.8, 4) is 0 Å². The van der Waals surface area contributed by atoms with Gasteiger partial charge in [-0.15, -0.1) is 11.3 Å². The molecule has 1 aliphatic rings. The van der Waals surface area contributed by atoms with Gasteiger partial charge in [-0.3, -0.25) is 4.79 Å². The molecule has 1 aliphatic carbocycles. The number of amides is 1. The fourth-order valence-electron chi connectivity index (χ4n) is 2.40. The highest BCUT2D eigenvalue weighted by Gasteiger charge is 2.22. The first kappa shape index (κ1) is 13.6. The summed E-state index contributed by atoms with van der Waals surface area (Å²) in [5.41, 5.74) is 6.90. The lowest BCUT2D eigenvalue weighted by atomic mass is 9.94. The van der Waals surface area contributed by atoms with Gasteiger partial charge in [0.05, 0.1) is 6.04 Å². The van der Waals surface area contributed by atoms with E-state index >= 15 is 0 Å². The highest BCUT2D eigenvalue weighted by atomic mass is 32.1. The fourth-order valence-corrected chi connectivity index (χ4v) is 3.39. The van der Waals surface area contributed by atoms with E-state index in [2.05, 4.69) is 23.7 Å². The van der Waals surface area contributed by atoms with Gasteiger partial charge in [0.2, 0.25) is 5.91 Å². The van der Waals surface area contributed by atoms with E-state index in [1.54, 1.807) is 0 Å². The van der Waals surface area contributed by atoms with Crippen molar-refractivity contribution in [2.45, 2.75) is 45.1 Å². The third-order valence-electron chi connectivity index (χ3n) is 3.65. The summed E-state index contributed by atoms with van der Waals surface area (Å²) in [6.45, 7) is 2.75. The van der Waals surface area contributed by atoms with Crippen molar-refractivity contribution in [1.29, 1.82) is 0 Å². The maximum atomic E-state index is 11.9. The summed E-state index contributed by atoms with van der Waals surface area (Å²) in [5.74, 6) is 0.596. The largest absolute Gasteiger partial charge is 0.349 e. The van der Waals surface area contributed by atoms with Gasteiger partial charge in [0.1, 0.15) is 0 Å². The van der Waals surface area contributed by atoms with Crippen LogP contribution in [0.2, 0.25) is 0 Å². The second-order valence-corrected chi connectivity index (χ2v) is 6.19. The highest BCUT2D eigenvalue weighted by Crippen LogP contribution is 2.33. The second kappa shape index (κ2) is 6.34. The summed E-state index contributed by atoms with van der Waals surface area (Å²) in [6.07, 6.45) is 4.89. The molecule has 0 saturated heterocycles. The van der Waals surface area contributed by atoms with Crippen LogP contribution >= 0.6 is 11.3 Å². The van der Waals surface area contributed by atoms with Gasteiger partial charge < -0.3 is 11.1 Å². The van der Waals surface area contributed by atoms with Crippen LogP contribution in [0.25, 0.3) is 0 Å². The molecule has 0 spiro atoms. The molecule has 0 saturated carbocycles. The lowest BCUT2D eigenvalue weighted by Gasteiger charge is -2.24. The lowest BCUT2D eigenvalue weighted by Crippen LogP contribution is -2.30. The predicted molar refractivity (Wildman–Crippen MR) is 75.6 cm³/mol. The minimum atomic E-state index is 0.166. The molecule has 100 valence electrons. The van der Waals surface area contributed by atoms with E-state index in [0.29, 0.717) is 18.9 Å². The number of fused-ring (bicyclic) bond motifs is 1.